The standard InChI is InChI=1S/C32H31ClFN7/c33-27-13-24(37-31(19-1-3-23(34)4-2-19)28-16-41(40-39-28)25-5-6-25)12-26-30(22(14-35)15-36-32(26)27)38-29-20-8-17-7-18(10-20)11-21(29)9-17/h1-4,12-13,15-18,20-21,25,29,31,37H,5-11H2,(H,36,38)/t17?,18?,20?,21?,29?,31-/m1/s1/i31D. The zero-order valence-corrected chi connectivity index (χ0v) is 23.3. The summed E-state index contributed by atoms with van der Waals surface area (Å²) in [5.74, 6) is 2.53. The summed E-state index contributed by atoms with van der Waals surface area (Å²) in [6.07, 6.45) is 11.9. The number of nitrogens with one attached hydrogen (secondary N) is 2. The molecule has 41 heavy (non-hydrogen) atoms. The smallest absolute Gasteiger partial charge is 0.123 e. The first-order valence-corrected chi connectivity index (χ1v) is 15.0. The molecule has 2 aromatic heterocycles. The van der Waals surface area contributed by atoms with Crippen LogP contribution in [0.15, 0.2) is 48.8 Å². The lowest BCUT2D eigenvalue weighted by molar-refractivity contribution is 0.00757. The summed E-state index contributed by atoms with van der Waals surface area (Å²) in [6.45, 7) is 0. The van der Waals surface area contributed by atoms with E-state index in [0.29, 0.717) is 57.0 Å². The Morgan fingerprint density at radius 1 is 1.07 bits per heavy atom. The van der Waals surface area contributed by atoms with Gasteiger partial charge >= 0.3 is 0 Å². The van der Waals surface area contributed by atoms with E-state index in [1.165, 1.54) is 44.2 Å². The summed E-state index contributed by atoms with van der Waals surface area (Å²) < 4.78 is 25.3. The van der Waals surface area contributed by atoms with Crippen molar-refractivity contribution in [2.75, 3.05) is 10.6 Å². The Kier molecular flexibility index (Phi) is 5.66. The van der Waals surface area contributed by atoms with E-state index in [1.807, 2.05) is 6.07 Å². The second kappa shape index (κ2) is 9.70. The van der Waals surface area contributed by atoms with Crippen molar-refractivity contribution in [3.05, 3.63) is 76.5 Å². The Morgan fingerprint density at radius 3 is 2.49 bits per heavy atom. The average molecular weight is 569 g/mol. The number of nitrogens with zero attached hydrogens (tertiary/aromatic N) is 5. The molecule has 0 spiro atoms. The largest absolute Gasteiger partial charge is 0.380 e. The van der Waals surface area contributed by atoms with Crippen LogP contribution < -0.4 is 10.6 Å². The summed E-state index contributed by atoms with van der Waals surface area (Å²) in [6, 6.07) is 10.9. The van der Waals surface area contributed by atoms with E-state index >= 15 is 0 Å². The van der Waals surface area contributed by atoms with Gasteiger partial charge in [0.2, 0.25) is 0 Å². The number of benzene rings is 2. The van der Waals surface area contributed by atoms with Crippen molar-refractivity contribution in [2.24, 2.45) is 23.7 Å². The number of pyridine rings is 1. The maximum Gasteiger partial charge on any atom is 0.123 e. The lowest BCUT2D eigenvalue weighted by Gasteiger charge is -2.54. The van der Waals surface area contributed by atoms with Crippen LogP contribution in [0.4, 0.5) is 15.8 Å². The van der Waals surface area contributed by atoms with Gasteiger partial charge in [-0.15, -0.1) is 5.10 Å². The molecule has 0 amide bonds. The number of halogens is 2. The number of nitriles is 1. The summed E-state index contributed by atoms with van der Waals surface area (Å²) in [5, 5.41) is 27.1. The summed E-state index contributed by atoms with van der Waals surface area (Å²) in [4.78, 5) is 4.55. The van der Waals surface area contributed by atoms with Gasteiger partial charge in [0.25, 0.3) is 0 Å². The highest BCUT2D eigenvalue weighted by molar-refractivity contribution is 6.35. The van der Waals surface area contributed by atoms with Crippen molar-refractivity contribution in [1.29, 1.82) is 5.26 Å². The van der Waals surface area contributed by atoms with Crippen molar-refractivity contribution in [2.45, 2.75) is 63.0 Å². The Hall–Kier alpha value is -3.70. The first-order valence-electron chi connectivity index (χ1n) is 15.1. The van der Waals surface area contributed by atoms with Crippen LogP contribution in [-0.4, -0.2) is 26.0 Å². The molecule has 1 atom stereocenters. The van der Waals surface area contributed by atoms with Gasteiger partial charge in [-0.3, -0.25) is 4.98 Å². The third kappa shape index (κ3) is 4.51. The minimum absolute atomic E-state index is 0.299. The second-order valence-corrected chi connectivity index (χ2v) is 12.8. The van der Waals surface area contributed by atoms with Gasteiger partial charge in [-0.1, -0.05) is 28.9 Å². The van der Waals surface area contributed by atoms with Crippen molar-refractivity contribution < 1.29 is 5.76 Å². The predicted molar refractivity (Wildman–Crippen MR) is 156 cm³/mol. The van der Waals surface area contributed by atoms with Crippen molar-refractivity contribution >= 4 is 33.9 Å². The van der Waals surface area contributed by atoms with Gasteiger partial charge in [0.15, 0.2) is 0 Å². The minimum atomic E-state index is -1.58. The van der Waals surface area contributed by atoms with Crippen LogP contribution in [0.25, 0.3) is 10.9 Å². The fourth-order valence-corrected chi connectivity index (χ4v) is 8.12. The monoisotopic (exact) mass is 568 g/mol. The van der Waals surface area contributed by atoms with Crippen LogP contribution in [0.1, 0.15) is 75.2 Å². The number of hydrogen-bond acceptors (Lipinski definition) is 6. The number of rotatable bonds is 7. The predicted octanol–water partition coefficient (Wildman–Crippen LogP) is 7.26. The molecule has 7 nitrogen and oxygen atoms in total. The first-order chi connectivity index (χ1) is 20.4. The molecule has 5 aliphatic rings. The molecule has 0 unspecified atom stereocenters. The molecule has 2 N–H and O–H groups in total. The number of hydrogen-bond donors (Lipinski definition) is 2. The molecule has 0 aliphatic heterocycles. The normalized spacial score (nSPS) is 28.2. The third-order valence-electron chi connectivity index (χ3n) is 9.67. The van der Waals surface area contributed by atoms with Crippen LogP contribution in [0.2, 0.25) is 5.02 Å². The van der Waals surface area contributed by atoms with E-state index in [1.54, 1.807) is 35.3 Å². The van der Waals surface area contributed by atoms with Crippen LogP contribution in [0.5, 0.6) is 0 Å². The summed E-state index contributed by atoms with van der Waals surface area (Å²) >= 11 is 6.83. The van der Waals surface area contributed by atoms with Gasteiger partial charge in [0.1, 0.15) is 17.6 Å². The van der Waals surface area contributed by atoms with Crippen LogP contribution in [0.3, 0.4) is 0 Å². The quantitative estimate of drug-likeness (QED) is 0.244. The molecule has 4 bridgehead atoms. The molecule has 0 saturated heterocycles. The minimum Gasteiger partial charge on any atom is -0.380 e. The van der Waals surface area contributed by atoms with Crippen molar-refractivity contribution in [3.63, 3.8) is 0 Å². The number of anilines is 2. The molecule has 5 fully saturated rings. The molecule has 2 heterocycles. The van der Waals surface area contributed by atoms with Crippen LogP contribution >= 0.6 is 11.6 Å². The average Bonchev–Trinajstić information content (AvgIpc) is 3.70. The van der Waals surface area contributed by atoms with Gasteiger partial charge in [0.05, 0.1) is 41.4 Å². The zero-order chi connectivity index (χ0) is 28.6. The summed E-state index contributed by atoms with van der Waals surface area (Å²) in [5.41, 5.74) is 3.31. The fourth-order valence-electron chi connectivity index (χ4n) is 7.85. The number of aromatic nitrogens is 4. The van der Waals surface area contributed by atoms with E-state index in [2.05, 4.69) is 32.0 Å². The Balaban J connectivity index is 1.21. The third-order valence-corrected chi connectivity index (χ3v) is 9.96. The topological polar surface area (TPSA) is 91.5 Å². The molecule has 0 radical (unpaired) electrons. The van der Waals surface area contributed by atoms with Crippen molar-refractivity contribution in [1.82, 2.24) is 20.0 Å². The SMILES string of the molecule is [2H][C@@](Nc1cc(Cl)c2ncc(C#N)c(NC3C4CC5CC(C4)CC3C5)c2c1)(c1ccc(F)cc1)c1cn(C2CC2)nn1. The lowest BCUT2D eigenvalue weighted by Crippen LogP contribution is -2.51. The first kappa shape index (κ1) is 24.0. The van der Waals surface area contributed by atoms with Gasteiger partial charge in [-0.25, -0.2) is 9.07 Å². The Bertz CT molecular complexity index is 1700. The molecule has 9 rings (SSSR count). The van der Waals surface area contributed by atoms with Crippen molar-refractivity contribution in [3.8, 4) is 6.07 Å². The molecule has 4 aromatic rings. The molecular weight excluding hydrogens is 537 g/mol. The highest BCUT2D eigenvalue weighted by Gasteiger charge is 2.48. The highest BCUT2D eigenvalue weighted by atomic mass is 35.5. The van der Waals surface area contributed by atoms with E-state index in [9.17, 15) is 11.0 Å². The lowest BCUT2D eigenvalue weighted by atomic mass is 9.54. The highest BCUT2D eigenvalue weighted by Crippen LogP contribution is 2.54. The summed E-state index contributed by atoms with van der Waals surface area (Å²) in [7, 11) is 0. The van der Waals surface area contributed by atoms with Gasteiger partial charge < -0.3 is 10.6 Å². The second-order valence-electron chi connectivity index (χ2n) is 12.4. The van der Waals surface area contributed by atoms with Gasteiger partial charge in [-0.05, 0) is 98.4 Å². The Morgan fingerprint density at radius 2 is 1.80 bits per heavy atom. The van der Waals surface area contributed by atoms with Gasteiger partial charge in [-0.2, -0.15) is 5.26 Å². The van der Waals surface area contributed by atoms with Gasteiger partial charge in [0, 0.05) is 23.3 Å². The zero-order valence-electron chi connectivity index (χ0n) is 23.5. The fraction of sp³-hybridized carbons (Fsp3) is 0.438. The van der Waals surface area contributed by atoms with E-state index in [-0.39, 0.29) is 5.82 Å². The molecular formula is C32H31ClFN7. The molecule has 5 aliphatic carbocycles. The number of fused-ring (bicyclic) bond motifs is 1. The molecule has 9 heteroatoms. The van der Waals surface area contributed by atoms with Crippen LogP contribution in [0, 0.1) is 40.8 Å². The van der Waals surface area contributed by atoms with E-state index in [0.717, 1.165) is 35.8 Å². The maximum atomic E-state index is 13.9. The van der Waals surface area contributed by atoms with E-state index in [4.69, 9.17) is 11.6 Å². The maximum absolute atomic E-state index is 13.9. The molecule has 208 valence electrons. The van der Waals surface area contributed by atoms with E-state index < -0.39 is 6.02 Å². The Labute approximate surface area is 244 Å². The molecule has 2 aromatic carbocycles. The van der Waals surface area contributed by atoms with Crippen LogP contribution in [-0.2, 0) is 0 Å². The molecule has 5 saturated carbocycles.